The quantitative estimate of drug-likeness (QED) is 0.369. The van der Waals surface area contributed by atoms with Crippen molar-refractivity contribution in [1.29, 1.82) is 0 Å². The second-order valence-electron chi connectivity index (χ2n) is 8.75. The minimum atomic E-state index is -0.439. The Morgan fingerprint density at radius 3 is 2.39 bits per heavy atom. The van der Waals surface area contributed by atoms with Gasteiger partial charge in [-0.25, -0.2) is 0 Å². The standard InChI is InChI=1S/C12H14N2O2.C12H24O.C2H6/c1-14-7-10-5-3-2-4-9(10)6-11(12(14)16)13-8-15;1-11(13-5)9-7-6-8-10-12(2,3)4;1-2/h2-5,8,11H,6-7H2,1H3,(H,13,15);8,10-11H,6-7,9H2,1-5H3;1-2H3/b;10-8+;. The summed E-state index contributed by atoms with van der Waals surface area (Å²) >= 11 is 0. The third-order valence-corrected chi connectivity index (χ3v) is 4.90. The number of methoxy groups -OCH3 is 1. The van der Waals surface area contributed by atoms with Gasteiger partial charge in [0, 0.05) is 27.1 Å². The summed E-state index contributed by atoms with van der Waals surface area (Å²) in [6, 6.07) is 7.49. The molecular weight excluding hydrogens is 388 g/mol. The summed E-state index contributed by atoms with van der Waals surface area (Å²) in [5, 5.41) is 2.57. The molecule has 1 heterocycles. The predicted octanol–water partition coefficient (Wildman–Crippen LogP) is 5.14. The van der Waals surface area contributed by atoms with E-state index in [0.717, 1.165) is 17.5 Å². The van der Waals surface area contributed by atoms with Gasteiger partial charge in [-0.15, -0.1) is 0 Å². The fourth-order valence-corrected chi connectivity index (χ4v) is 3.11. The van der Waals surface area contributed by atoms with Crippen LogP contribution in [0.3, 0.4) is 0 Å². The second-order valence-corrected chi connectivity index (χ2v) is 8.75. The lowest BCUT2D eigenvalue weighted by atomic mass is 9.95. The first-order valence-corrected chi connectivity index (χ1v) is 11.4. The van der Waals surface area contributed by atoms with E-state index in [9.17, 15) is 9.59 Å². The maximum absolute atomic E-state index is 11.9. The number of fused-ring (bicyclic) bond motifs is 1. The molecule has 1 aliphatic rings. The van der Waals surface area contributed by atoms with Gasteiger partial charge in [0.15, 0.2) is 0 Å². The van der Waals surface area contributed by atoms with Crippen LogP contribution in [0.4, 0.5) is 0 Å². The monoisotopic (exact) mass is 432 g/mol. The number of hydrogen-bond acceptors (Lipinski definition) is 3. The highest BCUT2D eigenvalue weighted by Gasteiger charge is 2.26. The number of ether oxygens (including phenoxy) is 1. The van der Waals surface area contributed by atoms with Gasteiger partial charge in [0.05, 0.1) is 6.10 Å². The van der Waals surface area contributed by atoms with Gasteiger partial charge in [0.2, 0.25) is 12.3 Å². The first kappa shape index (κ1) is 28.9. The first-order valence-electron chi connectivity index (χ1n) is 11.4. The number of nitrogens with one attached hydrogen (secondary N) is 1. The Balaban J connectivity index is 0.000000550. The molecule has 1 aliphatic heterocycles. The van der Waals surface area contributed by atoms with Crippen LogP contribution in [-0.4, -0.2) is 43.5 Å². The molecule has 0 bridgehead atoms. The highest BCUT2D eigenvalue weighted by Crippen LogP contribution is 2.18. The fourth-order valence-electron chi connectivity index (χ4n) is 3.11. The van der Waals surface area contributed by atoms with Gasteiger partial charge in [-0.1, -0.05) is 71.0 Å². The van der Waals surface area contributed by atoms with Crippen LogP contribution in [0, 0.1) is 5.41 Å². The fraction of sp³-hybridized carbons (Fsp3) is 0.615. The minimum Gasteiger partial charge on any atom is -0.382 e. The molecule has 0 spiro atoms. The van der Waals surface area contributed by atoms with Crippen LogP contribution < -0.4 is 5.32 Å². The molecule has 2 atom stereocenters. The van der Waals surface area contributed by atoms with Crippen molar-refractivity contribution in [3.8, 4) is 0 Å². The van der Waals surface area contributed by atoms with Crippen molar-refractivity contribution in [3.05, 3.63) is 47.5 Å². The number of likely N-dealkylation sites (N-methyl/N-ethyl adjacent to an activating group) is 1. The van der Waals surface area contributed by atoms with Crippen LogP contribution in [0.15, 0.2) is 36.4 Å². The number of benzene rings is 1. The molecule has 1 N–H and O–H groups in total. The van der Waals surface area contributed by atoms with Crippen LogP contribution in [-0.2, 0) is 27.3 Å². The molecular formula is C26H44N2O3. The Morgan fingerprint density at radius 1 is 1.23 bits per heavy atom. The molecule has 5 heteroatoms. The summed E-state index contributed by atoms with van der Waals surface area (Å²) in [6.07, 6.45) is 9.68. The molecule has 0 fully saturated rings. The van der Waals surface area contributed by atoms with E-state index in [1.807, 2.05) is 38.1 Å². The van der Waals surface area contributed by atoms with Crippen molar-refractivity contribution in [2.45, 2.75) is 85.9 Å². The number of carbonyl (C=O) groups excluding carboxylic acids is 2. The largest absolute Gasteiger partial charge is 0.382 e. The lowest BCUT2D eigenvalue weighted by Gasteiger charge is -2.18. The van der Waals surface area contributed by atoms with Gasteiger partial charge in [-0.3, -0.25) is 9.59 Å². The molecule has 0 saturated heterocycles. The predicted molar refractivity (Wildman–Crippen MR) is 130 cm³/mol. The molecule has 2 amide bonds. The van der Waals surface area contributed by atoms with Crippen molar-refractivity contribution >= 4 is 12.3 Å². The molecule has 5 nitrogen and oxygen atoms in total. The van der Waals surface area contributed by atoms with Gasteiger partial charge in [0.1, 0.15) is 6.04 Å². The van der Waals surface area contributed by atoms with E-state index in [2.05, 4.69) is 45.2 Å². The van der Waals surface area contributed by atoms with E-state index in [1.165, 1.54) is 12.8 Å². The topological polar surface area (TPSA) is 58.6 Å². The minimum absolute atomic E-state index is 0.0386. The van der Waals surface area contributed by atoms with Crippen LogP contribution in [0.2, 0.25) is 0 Å². The molecule has 176 valence electrons. The third-order valence-electron chi connectivity index (χ3n) is 4.90. The Morgan fingerprint density at radius 2 is 1.84 bits per heavy atom. The van der Waals surface area contributed by atoms with Crippen molar-refractivity contribution in [1.82, 2.24) is 10.2 Å². The van der Waals surface area contributed by atoms with E-state index in [4.69, 9.17) is 4.74 Å². The lowest BCUT2D eigenvalue weighted by Crippen LogP contribution is -2.43. The summed E-state index contributed by atoms with van der Waals surface area (Å²) in [5.74, 6) is -0.0386. The summed E-state index contributed by atoms with van der Waals surface area (Å²) in [5.41, 5.74) is 2.60. The van der Waals surface area contributed by atoms with Gasteiger partial charge in [-0.2, -0.15) is 0 Å². The molecule has 0 aromatic heterocycles. The molecule has 1 aromatic carbocycles. The van der Waals surface area contributed by atoms with Crippen molar-refractivity contribution < 1.29 is 14.3 Å². The summed E-state index contributed by atoms with van der Waals surface area (Å²) < 4.78 is 5.17. The van der Waals surface area contributed by atoms with E-state index >= 15 is 0 Å². The average Bonchev–Trinajstić information content (AvgIpc) is 2.85. The van der Waals surface area contributed by atoms with Gasteiger partial charge < -0.3 is 15.0 Å². The van der Waals surface area contributed by atoms with Crippen molar-refractivity contribution in [2.75, 3.05) is 14.2 Å². The maximum Gasteiger partial charge on any atom is 0.245 e. The number of unbranched alkanes of at least 4 members (excludes halogenated alkanes) is 1. The molecule has 2 unspecified atom stereocenters. The molecule has 0 saturated carbocycles. The second kappa shape index (κ2) is 15.6. The van der Waals surface area contributed by atoms with Gasteiger partial charge in [0.25, 0.3) is 0 Å². The molecule has 31 heavy (non-hydrogen) atoms. The smallest absolute Gasteiger partial charge is 0.245 e. The molecule has 1 aromatic rings. The lowest BCUT2D eigenvalue weighted by molar-refractivity contribution is -0.133. The van der Waals surface area contributed by atoms with Crippen molar-refractivity contribution in [2.24, 2.45) is 5.41 Å². The van der Waals surface area contributed by atoms with E-state index < -0.39 is 6.04 Å². The Labute approximate surface area is 190 Å². The highest BCUT2D eigenvalue weighted by atomic mass is 16.5. The summed E-state index contributed by atoms with van der Waals surface area (Å²) in [6.45, 7) is 13.4. The average molecular weight is 433 g/mol. The normalized spacial score (nSPS) is 16.8. The summed E-state index contributed by atoms with van der Waals surface area (Å²) in [7, 11) is 3.53. The van der Waals surface area contributed by atoms with Crippen molar-refractivity contribution in [3.63, 3.8) is 0 Å². The molecule has 2 rings (SSSR count). The van der Waals surface area contributed by atoms with Crippen LogP contribution in [0.25, 0.3) is 0 Å². The molecule has 0 radical (unpaired) electrons. The SMILES string of the molecule is CC.CN1Cc2ccccc2CC(NC=O)C1=O.COC(C)CCC/C=C/C(C)(C)C. The Kier molecular flexibility index (Phi) is 14.6. The zero-order valence-corrected chi connectivity index (χ0v) is 20.9. The Hall–Kier alpha value is -2.14. The zero-order chi connectivity index (χ0) is 23.9. The molecule has 0 aliphatic carbocycles. The highest BCUT2D eigenvalue weighted by molar-refractivity contribution is 5.84. The Bertz CT molecular complexity index is 665. The summed E-state index contributed by atoms with van der Waals surface area (Å²) in [4.78, 5) is 24.0. The van der Waals surface area contributed by atoms with E-state index in [0.29, 0.717) is 30.9 Å². The first-order chi connectivity index (χ1) is 14.7. The number of allylic oxidation sites excluding steroid dienone is 2. The van der Waals surface area contributed by atoms with E-state index in [1.54, 1.807) is 19.1 Å². The number of carbonyl (C=O) groups is 2. The van der Waals surface area contributed by atoms with Crippen LogP contribution in [0.1, 0.15) is 71.9 Å². The number of hydrogen-bond donors (Lipinski definition) is 1. The number of nitrogens with zero attached hydrogens (tertiary/aromatic N) is 1. The number of amides is 2. The van der Waals surface area contributed by atoms with Crippen LogP contribution in [0.5, 0.6) is 0 Å². The third kappa shape index (κ3) is 12.3. The van der Waals surface area contributed by atoms with Gasteiger partial charge in [-0.05, 0) is 42.7 Å². The zero-order valence-electron chi connectivity index (χ0n) is 20.9. The van der Waals surface area contributed by atoms with Gasteiger partial charge >= 0.3 is 0 Å². The maximum atomic E-state index is 11.9. The van der Waals surface area contributed by atoms with E-state index in [-0.39, 0.29) is 5.91 Å². The number of rotatable bonds is 7. The van der Waals surface area contributed by atoms with Crippen LogP contribution >= 0.6 is 0 Å².